The van der Waals surface area contributed by atoms with Crippen LogP contribution in [0.4, 0.5) is 11.4 Å². The maximum atomic E-state index is 12.4. The van der Waals surface area contributed by atoms with Crippen LogP contribution in [-0.2, 0) is 14.8 Å². The van der Waals surface area contributed by atoms with Gasteiger partial charge in [-0.2, -0.15) is 8.42 Å². The number of nitrogens with one attached hydrogen (secondary N) is 1. The standard InChI is InChI=1S/C18H19N3O4S2/c1-3-21-15-9-4-5-10-16(15)27(23,24)20-18(21)26-12-17(22)19-13-7-6-8-14(11-13)25-2/h4-11H,3,12H2,1-2H3,(H,19,22). The van der Waals surface area contributed by atoms with E-state index >= 15 is 0 Å². The third kappa shape index (κ3) is 4.25. The summed E-state index contributed by atoms with van der Waals surface area (Å²) >= 11 is 1.09. The van der Waals surface area contributed by atoms with Gasteiger partial charge in [0.1, 0.15) is 10.6 Å². The minimum atomic E-state index is -3.77. The molecule has 0 atom stereocenters. The third-order valence-corrected chi connectivity index (χ3v) is 6.27. The van der Waals surface area contributed by atoms with E-state index in [1.807, 2.05) is 6.92 Å². The summed E-state index contributed by atoms with van der Waals surface area (Å²) in [6, 6.07) is 13.7. The molecule has 27 heavy (non-hydrogen) atoms. The smallest absolute Gasteiger partial charge is 0.286 e. The van der Waals surface area contributed by atoms with Crippen LogP contribution >= 0.6 is 11.8 Å². The largest absolute Gasteiger partial charge is 0.497 e. The van der Waals surface area contributed by atoms with E-state index in [9.17, 15) is 13.2 Å². The second-order valence-corrected chi connectivity index (χ2v) is 8.14. The molecule has 2 aromatic rings. The Balaban J connectivity index is 1.73. The van der Waals surface area contributed by atoms with Gasteiger partial charge in [0.05, 0.1) is 18.6 Å². The van der Waals surface area contributed by atoms with Gasteiger partial charge in [-0.3, -0.25) is 4.79 Å². The van der Waals surface area contributed by atoms with E-state index in [0.29, 0.717) is 23.7 Å². The molecule has 0 saturated carbocycles. The molecule has 2 aromatic carbocycles. The monoisotopic (exact) mass is 405 g/mol. The highest BCUT2D eigenvalue weighted by Gasteiger charge is 2.30. The fourth-order valence-electron chi connectivity index (χ4n) is 2.64. The number of hydrogen-bond donors (Lipinski definition) is 1. The summed E-state index contributed by atoms with van der Waals surface area (Å²) < 4.78 is 33.8. The van der Waals surface area contributed by atoms with E-state index in [2.05, 4.69) is 9.71 Å². The first kappa shape index (κ1) is 19.2. The number of carbonyl (C=O) groups is 1. The van der Waals surface area contributed by atoms with E-state index in [0.717, 1.165) is 11.8 Å². The van der Waals surface area contributed by atoms with Gasteiger partial charge in [0.2, 0.25) is 5.91 Å². The summed E-state index contributed by atoms with van der Waals surface area (Å²) in [4.78, 5) is 14.2. The summed E-state index contributed by atoms with van der Waals surface area (Å²) in [6.45, 7) is 2.44. The van der Waals surface area contributed by atoms with Gasteiger partial charge < -0.3 is 15.0 Å². The number of amides is 1. The number of thioether (sulfide) groups is 1. The number of sulfonamides is 1. The second-order valence-electron chi connectivity index (χ2n) is 5.63. The lowest BCUT2D eigenvalue weighted by Crippen LogP contribution is -2.34. The predicted octanol–water partition coefficient (Wildman–Crippen LogP) is 2.95. The average Bonchev–Trinajstić information content (AvgIpc) is 2.66. The van der Waals surface area contributed by atoms with E-state index in [1.54, 1.807) is 54.5 Å². The number of hydrogen-bond acceptors (Lipinski definition) is 6. The number of carbonyl (C=O) groups excluding carboxylic acids is 1. The molecule has 0 unspecified atom stereocenters. The van der Waals surface area contributed by atoms with Crippen molar-refractivity contribution in [1.29, 1.82) is 0 Å². The highest BCUT2D eigenvalue weighted by Crippen LogP contribution is 2.33. The van der Waals surface area contributed by atoms with Crippen molar-refractivity contribution in [1.82, 2.24) is 0 Å². The molecule has 142 valence electrons. The minimum Gasteiger partial charge on any atom is -0.497 e. The maximum Gasteiger partial charge on any atom is 0.286 e. The van der Waals surface area contributed by atoms with Crippen LogP contribution in [0.2, 0.25) is 0 Å². The summed E-state index contributed by atoms with van der Waals surface area (Å²) in [7, 11) is -2.22. The zero-order valence-electron chi connectivity index (χ0n) is 14.9. The van der Waals surface area contributed by atoms with Crippen LogP contribution in [0.1, 0.15) is 6.92 Å². The Bertz CT molecular complexity index is 990. The number of anilines is 2. The lowest BCUT2D eigenvalue weighted by atomic mass is 10.3. The second kappa shape index (κ2) is 8.01. The zero-order chi connectivity index (χ0) is 19.4. The lowest BCUT2D eigenvalue weighted by molar-refractivity contribution is -0.113. The Labute approximate surface area is 162 Å². The molecule has 0 aromatic heterocycles. The van der Waals surface area contributed by atoms with Gasteiger partial charge in [-0.25, -0.2) is 0 Å². The van der Waals surface area contributed by atoms with E-state index < -0.39 is 10.0 Å². The first-order chi connectivity index (χ1) is 12.9. The normalized spacial score (nSPS) is 14.9. The van der Waals surface area contributed by atoms with E-state index in [1.165, 1.54) is 6.07 Å². The van der Waals surface area contributed by atoms with Crippen LogP contribution in [0.15, 0.2) is 57.8 Å². The predicted molar refractivity (Wildman–Crippen MR) is 108 cm³/mol. The molecule has 0 bridgehead atoms. The number of fused-ring (bicyclic) bond motifs is 1. The van der Waals surface area contributed by atoms with Crippen LogP contribution in [0.5, 0.6) is 5.75 Å². The van der Waals surface area contributed by atoms with E-state index in [-0.39, 0.29) is 21.7 Å². The summed E-state index contributed by atoms with van der Waals surface area (Å²) in [5, 5.41) is 3.06. The SMILES string of the molecule is CCN1C(SCC(=O)Nc2cccc(OC)c2)=NS(=O)(=O)c2ccccc21. The van der Waals surface area contributed by atoms with Gasteiger partial charge >= 0.3 is 0 Å². The lowest BCUT2D eigenvalue weighted by Gasteiger charge is -2.29. The summed E-state index contributed by atoms with van der Waals surface area (Å²) in [6.07, 6.45) is 0. The molecule has 1 aliphatic rings. The average molecular weight is 406 g/mol. The number of amidine groups is 1. The first-order valence-electron chi connectivity index (χ1n) is 8.23. The molecular formula is C18H19N3O4S2. The fraction of sp³-hybridized carbons (Fsp3) is 0.222. The van der Waals surface area contributed by atoms with Gasteiger partial charge in [0, 0.05) is 18.3 Å². The highest BCUT2D eigenvalue weighted by molar-refractivity contribution is 8.15. The van der Waals surface area contributed by atoms with Crippen LogP contribution < -0.4 is 15.0 Å². The molecule has 1 N–H and O–H groups in total. The number of methoxy groups -OCH3 is 1. The van der Waals surface area contributed by atoms with Crippen molar-refractivity contribution in [3.05, 3.63) is 48.5 Å². The van der Waals surface area contributed by atoms with Crippen LogP contribution in [-0.4, -0.2) is 38.9 Å². The first-order valence-corrected chi connectivity index (χ1v) is 10.7. The number of para-hydroxylation sites is 1. The molecule has 9 heteroatoms. The number of nitrogens with zero attached hydrogens (tertiary/aromatic N) is 2. The van der Waals surface area contributed by atoms with Crippen molar-refractivity contribution < 1.29 is 17.9 Å². The Kier molecular flexibility index (Phi) is 5.71. The molecule has 0 aliphatic carbocycles. The van der Waals surface area contributed by atoms with Gasteiger partial charge in [-0.05, 0) is 31.2 Å². The molecule has 0 fully saturated rings. The third-order valence-electron chi connectivity index (χ3n) is 3.87. The summed E-state index contributed by atoms with van der Waals surface area (Å²) in [5.74, 6) is 0.407. The zero-order valence-corrected chi connectivity index (χ0v) is 16.5. The Morgan fingerprint density at radius 3 is 2.74 bits per heavy atom. The molecule has 1 aliphatic heterocycles. The quantitative estimate of drug-likeness (QED) is 0.823. The topological polar surface area (TPSA) is 88.1 Å². The molecule has 7 nitrogen and oxygen atoms in total. The van der Waals surface area contributed by atoms with Gasteiger partial charge in [0.15, 0.2) is 5.17 Å². The maximum absolute atomic E-state index is 12.4. The minimum absolute atomic E-state index is 0.0320. The van der Waals surface area contributed by atoms with Crippen molar-refractivity contribution in [3.8, 4) is 5.75 Å². The molecule has 0 radical (unpaired) electrons. The molecule has 1 heterocycles. The molecule has 0 saturated heterocycles. The van der Waals surface area contributed by atoms with Crippen molar-refractivity contribution in [3.63, 3.8) is 0 Å². The molecular weight excluding hydrogens is 386 g/mol. The van der Waals surface area contributed by atoms with Crippen LogP contribution in [0, 0.1) is 0 Å². The van der Waals surface area contributed by atoms with E-state index in [4.69, 9.17) is 4.74 Å². The molecule has 1 amide bonds. The number of rotatable bonds is 5. The van der Waals surface area contributed by atoms with Crippen molar-refractivity contribution >= 4 is 44.2 Å². The number of ether oxygens (including phenoxy) is 1. The Morgan fingerprint density at radius 2 is 2.00 bits per heavy atom. The van der Waals surface area contributed by atoms with Gasteiger partial charge in [-0.15, -0.1) is 4.40 Å². The Morgan fingerprint density at radius 1 is 1.22 bits per heavy atom. The fourth-order valence-corrected chi connectivity index (χ4v) is 4.96. The van der Waals surface area contributed by atoms with Gasteiger partial charge in [-0.1, -0.05) is 30.0 Å². The van der Waals surface area contributed by atoms with Crippen molar-refractivity contribution in [2.45, 2.75) is 11.8 Å². The molecule has 3 rings (SSSR count). The van der Waals surface area contributed by atoms with Crippen molar-refractivity contribution in [2.75, 3.05) is 29.6 Å². The van der Waals surface area contributed by atoms with Crippen molar-refractivity contribution in [2.24, 2.45) is 4.40 Å². The highest BCUT2D eigenvalue weighted by atomic mass is 32.2. The van der Waals surface area contributed by atoms with Crippen LogP contribution in [0.3, 0.4) is 0 Å². The summed E-state index contributed by atoms with van der Waals surface area (Å²) in [5.41, 5.74) is 1.18. The van der Waals surface area contributed by atoms with Gasteiger partial charge in [0.25, 0.3) is 10.0 Å². The van der Waals surface area contributed by atoms with Crippen LogP contribution in [0.25, 0.3) is 0 Å². The number of benzene rings is 2. The Hall–Kier alpha value is -2.52. The molecule has 0 spiro atoms.